The van der Waals surface area contributed by atoms with E-state index in [0.29, 0.717) is 0 Å². The van der Waals surface area contributed by atoms with E-state index in [2.05, 4.69) is 20.8 Å². The number of carbonyl (C=O) groups is 1. The molecule has 0 aromatic heterocycles. The molecule has 0 aliphatic heterocycles. The minimum Gasteiger partial charge on any atom is -0.364 e. The number of methoxy groups -OCH3 is 1. The molecule has 0 atom stereocenters. The molecular weight excluding hydrogens is 262 g/mol. The number of anilines is 1. The van der Waals surface area contributed by atoms with Gasteiger partial charge in [0.05, 0.1) is 5.69 Å². The average Bonchev–Trinajstić information content (AvgIpc) is 2.34. The molecule has 0 unspecified atom stereocenters. The summed E-state index contributed by atoms with van der Waals surface area (Å²) in [4.78, 5) is 13.7. The molecule has 0 saturated heterocycles. The predicted molar refractivity (Wildman–Crippen MR) is 80.0 cm³/mol. The summed E-state index contributed by atoms with van der Waals surface area (Å²) in [5, 5.41) is 0. The Morgan fingerprint density at radius 1 is 1.37 bits per heavy atom. The molecule has 1 amide bonds. The Labute approximate surface area is 120 Å². The molecule has 0 heterocycles. The lowest BCUT2D eigenvalue weighted by Crippen LogP contribution is -2.36. The van der Waals surface area contributed by atoms with Crippen molar-refractivity contribution in [1.29, 1.82) is 0 Å². The summed E-state index contributed by atoms with van der Waals surface area (Å²) in [6.45, 7) is 8.58. The molecule has 0 saturated carbocycles. The van der Waals surface area contributed by atoms with Crippen molar-refractivity contribution in [3.8, 4) is 0 Å². The van der Waals surface area contributed by atoms with E-state index in [-0.39, 0.29) is 23.9 Å². The zero-order valence-electron chi connectivity index (χ0n) is 12.3. The molecule has 1 aromatic rings. The van der Waals surface area contributed by atoms with E-state index < -0.39 is 0 Å². The second-order valence-electron chi connectivity index (χ2n) is 5.59. The van der Waals surface area contributed by atoms with Crippen LogP contribution in [0, 0.1) is 6.92 Å². The van der Waals surface area contributed by atoms with Gasteiger partial charge in [-0.3, -0.25) is 9.69 Å². The van der Waals surface area contributed by atoms with Gasteiger partial charge in [0.2, 0.25) is 5.91 Å². The molecule has 4 heteroatoms. The second kappa shape index (κ2) is 6.40. The number of benzene rings is 1. The number of halogens is 1. The molecule has 3 nitrogen and oxygen atoms in total. The van der Waals surface area contributed by atoms with Gasteiger partial charge in [0.1, 0.15) is 12.6 Å². The molecule has 0 N–H and O–H groups in total. The van der Waals surface area contributed by atoms with Gasteiger partial charge < -0.3 is 4.74 Å². The number of ether oxygens (including phenoxy) is 1. The molecule has 0 radical (unpaired) electrons. The molecule has 0 fully saturated rings. The summed E-state index contributed by atoms with van der Waals surface area (Å²) in [7, 11) is 1.57. The topological polar surface area (TPSA) is 29.5 Å². The number of aryl methyl sites for hydroxylation is 1. The Morgan fingerprint density at radius 3 is 2.47 bits per heavy atom. The number of hydrogen-bond acceptors (Lipinski definition) is 2. The van der Waals surface area contributed by atoms with Crippen molar-refractivity contribution in [2.45, 2.75) is 33.1 Å². The van der Waals surface area contributed by atoms with Crippen LogP contribution >= 0.6 is 11.6 Å². The number of alkyl halides is 1. The quantitative estimate of drug-likeness (QED) is 0.625. The van der Waals surface area contributed by atoms with Gasteiger partial charge in [-0.1, -0.05) is 39.0 Å². The van der Waals surface area contributed by atoms with Crippen molar-refractivity contribution in [2.24, 2.45) is 0 Å². The van der Waals surface area contributed by atoms with Crippen LogP contribution in [0.4, 0.5) is 5.69 Å². The van der Waals surface area contributed by atoms with Crippen LogP contribution in [0.1, 0.15) is 31.9 Å². The number of carbonyl (C=O) groups excluding carboxylic acids is 1. The normalized spacial score (nSPS) is 11.5. The first-order valence-corrected chi connectivity index (χ1v) is 6.81. The van der Waals surface area contributed by atoms with Gasteiger partial charge in [0, 0.05) is 7.11 Å². The molecule has 19 heavy (non-hydrogen) atoms. The van der Waals surface area contributed by atoms with Gasteiger partial charge in [-0.15, -0.1) is 11.6 Å². The molecule has 1 rings (SSSR count). The molecule has 0 aliphatic carbocycles. The summed E-state index contributed by atoms with van der Waals surface area (Å²) in [6, 6.07) is 6.05. The largest absolute Gasteiger partial charge is 0.364 e. The highest BCUT2D eigenvalue weighted by Gasteiger charge is 2.25. The molecule has 1 aromatic carbocycles. The number of nitrogens with zero attached hydrogens (tertiary/aromatic N) is 1. The fourth-order valence-electron chi connectivity index (χ4n) is 2.08. The SMILES string of the molecule is COCN(C(=O)CCl)c1c(C)cccc1C(C)(C)C. The highest BCUT2D eigenvalue weighted by molar-refractivity contribution is 6.29. The summed E-state index contributed by atoms with van der Waals surface area (Å²) < 4.78 is 5.15. The van der Waals surface area contributed by atoms with Crippen LogP contribution in [-0.4, -0.2) is 25.6 Å². The molecular formula is C15H22ClNO2. The Bertz CT molecular complexity index is 452. The maximum absolute atomic E-state index is 12.0. The van der Waals surface area contributed by atoms with Crippen LogP contribution in [0.25, 0.3) is 0 Å². The van der Waals surface area contributed by atoms with Gasteiger partial charge in [0.25, 0.3) is 0 Å². The van der Waals surface area contributed by atoms with Gasteiger partial charge in [0.15, 0.2) is 0 Å². The fourth-order valence-corrected chi connectivity index (χ4v) is 2.23. The van der Waals surface area contributed by atoms with E-state index in [1.54, 1.807) is 12.0 Å². The van der Waals surface area contributed by atoms with E-state index in [4.69, 9.17) is 16.3 Å². The summed E-state index contributed by atoms with van der Waals surface area (Å²) in [5.41, 5.74) is 3.01. The third kappa shape index (κ3) is 3.71. The smallest absolute Gasteiger partial charge is 0.243 e. The van der Waals surface area contributed by atoms with Crippen LogP contribution < -0.4 is 4.90 Å². The van der Waals surface area contributed by atoms with Crippen LogP contribution in [0.3, 0.4) is 0 Å². The highest BCUT2D eigenvalue weighted by Crippen LogP contribution is 2.34. The third-order valence-electron chi connectivity index (χ3n) is 2.99. The molecule has 106 valence electrons. The molecule has 0 spiro atoms. The van der Waals surface area contributed by atoms with Crippen LogP contribution in [-0.2, 0) is 14.9 Å². The Kier molecular flexibility index (Phi) is 5.39. The first-order valence-electron chi connectivity index (χ1n) is 6.28. The predicted octanol–water partition coefficient (Wildman–Crippen LogP) is 3.47. The number of hydrogen-bond donors (Lipinski definition) is 0. The molecule has 0 bridgehead atoms. The summed E-state index contributed by atoms with van der Waals surface area (Å²) >= 11 is 5.70. The van der Waals surface area contributed by atoms with E-state index in [1.165, 1.54) is 0 Å². The maximum atomic E-state index is 12.0. The molecule has 0 aliphatic rings. The Hall–Kier alpha value is -1.06. The van der Waals surface area contributed by atoms with Crippen molar-refractivity contribution >= 4 is 23.2 Å². The Balaban J connectivity index is 3.40. The minimum absolute atomic E-state index is 0.0543. The second-order valence-corrected chi connectivity index (χ2v) is 5.86. The highest BCUT2D eigenvalue weighted by atomic mass is 35.5. The summed E-state index contributed by atoms with van der Waals surface area (Å²) in [5.74, 6) is -0.204. The van der Waals surface area contributed by atoms with Crippen molar-refractivity contribution in [2.75, 3.05) is 24.6 Å². The summed E-state index contributed by atoms with van der Waals surface area (Å²) in [6.07, 6.45) is 0. The lowest BCUT2D eigenvalue weighted by molar-refractivity contribution is -0.117. The zero-order chi connectivity index (χ0) is 14.6. The third-order valence-corrected chi connectivity index (χ3v) is 3.22. The number of para-hydroxylation sites is 1. The lowest BCUT2D eigenvalue weighted by Gasteiger charge is -2.31. The minimum atomic E-state index is -0.150. The van der Waals surface area contributed by atoms with Crippen molar-refractivity contribution in [3.05, 3.63) is 29.3 Å². The fraction of sp³-hybridized carbons (Fsp3) is 0.533. The van der Waals surface area contributed by atoms with Crippen LogP contribution in [0.15, 0.2) is 18.2 Å². The first kappa shape index (κ1) is 16.0. The van der Waals surface area contributed by atoms with E-state index in [0.717, 1.165) is 16.8 Å². The van der Waals surface area contributed by atoms with E-state index in [1.807, 2.05) is 25.1 Å². The standard InChI is InChI=1S/C15H22ClNO2/c1-11-7-6-8-12(15(2,3)4)14(11)17(10-19-5)13(18)9-16/h6-8H,9-10H2,1-5H3. The van der Waals surface area contributed by atoms with Crippen LogP contribution in [0.2, 0.25) is 0 Å². The number of amides is 1. The van der Waals surface area contributed by atoms with E-state index in [9.17, 15) is 4.79 Å². The van der Waals surface area contributed by atoms with Gasteiger partial charge in [-0.2, -0.15) is 0 Å². The first-order chi connectivity index (χ1) is 8.82. The van der Waals surface area contributed by atoms with Crippen molar-refractivity contribution < 1.29 is 9.53 Å². The van der Waals surface area contributed by atoms with Gasteiger partial charge >= 0.3 is 0 Å². The monoisotopic (exact) mass is 283 g/mol. The average molecular weight is 284 g/mol. The number of rotatable bonds is 4. The van der Waals surface area contributed by atoms with Gasteiger partial charge in [-0.25, -0.2) is 0 Å². The van der Waals surface area contributed by atoms with E-state index >= 15 is 0 Å². The van der Waals surface area contributed by atoms with Crippen molar-refractivity contribution in [1.82, 2.24) is 0 Å². The Morgan fingerprint density at radius 2 is 2.00 bits per heavy atom. The zero-order valence-corrected chi connectivity index (χ0v) is 13.0. The maximum Gasteiger partial charge on any atom is 0.243 e. The van der Waals surface area contributed by atoms with Crippen molar-refractivity contribution in [3.63, 3.8) is 0 Å². The van der Waals surface area contributed by atoms with Gasteiger partial charge in [-0.05, 0) is 23.5 Å². The van der Waals surface area contributed by atoms with Crippen LogP contribution in [0.5, 0.6) is 0 Å². The lowest BCUT2D eigenvalue weighted by atomic mass is 9.84.